The zero-order chi connectivity index (χ0) is 28.6. The molecule has 216 valence electrons. The van der Waals surface area contributed by atoms with Crippen LogP contribution in [-0.2, 0) is 40.7 Å². The largest absolute Gasteiger partial charge is 0.351 e. The minimum atomic E-state index is -0.272. The van der Waals surface area contributed by atoms with E-state index in [9.17, 15) is 19.2 Å². The van der Waals surface area contributed by atoms with Crippen molar-refractivity contribution in [1.29, 1.82) is 0 Å². The smallest absolute Gasteiger partial charge is 0.272 e. The molecule has 2 N–H and O–H groups in total. The quantitative estimate of drug-likeness (QED) is 0.590. The zero-order valence-corrected chi connectivity index (χ0v) is 23.9. The molecule has 10 nitrogen and oxygen atoms in total. The van der Waals surface area contributed by atoms with Crippen molar-refractivity contribution in [1.82, 2.24) is 30.2 Å². The van der Waals surface area contributed by atoms with E-state index in [4.69, 9.17) is 0 Å². The molecule has 1 aromatic carbocycles. The van der Waals surface area contributed by atoms with Crippen molar-refractivity contribution < 1.29 is 19.2 Å². The molecule has 4 rings (SSSR count). The molecular formula is C30H42N6O4. The van der Waals surface area contributed by atoms with E-state index in [0.717, 1.165) is 23.2 Å². The average molecular weight is 551 g/mol. The van der Waals surface area contributed by atoms with E-state index in [0.29, 0.717) is 64.0 Å². The SMILES string of the molecule is CC(C)CC(=O)N1CCCC(=O)N(CCc2ccccc2)CC(=O)NC2CCc3c(c(nn3C)C(=O)NCC1)C2. The third-order valence-electron chi connectivity index (χ3n) is 7.66. The van der Waals surface area contributed by atoms with Crippen LogP contribution < -0.4 is 10.6 Å². The summed E-state index contributed by atoms with van der Waals surface area (Å²) in [6, 6.07) is 9.78. The summed E-state index contributed by atoms with van der Waals surface area (Å²) < 4.78 is 1.75. The first-order chi connectivity index (χ1) is 19.2. The molecular weight excluding hydrogens is 508 g/mol. The van der Waals surface area contributed by atoms with Gasteiger partial charge in [0.15, 0.2) is 5.69 Å². The molecule has 1 aliphatic carbocycles. The molecule has 1 aliphatic heterocycles. The maximum atomic E-state index is 13.3. The van der Waals surface area contributed by atoms with Crippen LogP contribution in [0.4, 0.5) is 0 Å². The predicted octanol–water partition coefficient (Wildman–Crippen LogP) is 1.86. The highest BCUT2D eigenvalue weighted by Crippen LogP contribution is 2.24. The number of aryl methyl sites for hydroxylation is 1. The highest BCUT2D eigenvalue weighted by atomic mass is 16.2. The minimum absolute atomic E-state index is 0.00739. The van der Waals surface area contributed by atoms with E-state index in [1.807, 2.05) is 51.2 Å². The van der Waals surface area contributed by atoms with Gasteiger partial charge in [-0.2, -0.15) is 5.10 Å². The van der Waals surface area contributed by atoms with Crippen LogP contribution in [-0.4, -0.2) is 82.0 Å². The van der Waals surface area contributed by atoms with Crippen LogP contribution in [0.2, 0.25) is 0 Å². The van der Waals surface area contributed by atoms with E-state index in [1.54, 1.807) is 14.5 Å². The molecule has 40 heavy (non-hydrogen) atoms. The van der Waals surface area contributed by atoms with Crippen molar-refractivity contribution in [3.05, 3.63) is 52.8 Å². The molecule has 10 heteroatoms. The number of nitrogens with zero attached hydrogens (tertiary/aromatic N) is 4. The van der Waals surface area contributed by atoms with Crippen molar-refractivity contribution in [2.45, 2.75) is 64.8 Å². The van der Waals surface area contributed by atoms with Crippen molar-refractivity contribution >= 4 is 23.6 Å². The molecule has 1 aromatic heterocycles. The number of carbonyl (C=O) groups is 4. The summed E-state index contributed by atoms with van der Waals surface area (Å²) in [4.78, 5) is 55.9. The standard InChI is InChI=1S/C30H42N6O4/c1-21(2)18-28(39)35-15-7-10-27(38)36(16-13-22-8-5-4-6-9-22)20-26(37)32-23-11-12-25-24(19-23)29(33-34(25)3)30(40)31-14-17-35/h4-6,8-9,21,23H,7,10-20H2,1-3H3,(H,31,40)(H,32,37). The molecule has 2 bridgehead atoms. The fraction of sp³-hybridized carbons (Fsp3) is 0.567. The Balaban J connectivity index is 1.55. The van der Waals surface area contributed by atoms with Gasteiger partial charge in [0, 0.05) is 63.4 Å². The fourth-order valence-electron chi connectivity index (χ4n) is 5.55. The Morgan fingerprint density at radius 2 is 1.88 bits per heavy atom. The minimum Gasteiger partial charge on any atom is -0.351 e. The monoisotopic (exact) mass is 550 g/mol. The molecule has 0 radical (unpaired) electrons. The summed E-state index contributed by atoms with van der Waals surface area (Å²) in [6.45, 7) is 5.47. The molecule has 0 saturated carbocycles. The second kappa shape index (κ2) is 13.6. The van der Waals surface area contributed by atoms with Crippen molar-refractivity contribution in [3.8, 4) is 0 Å². The maximum absolute atomic E-state index is 13.3. The van der Waals surface area contributed by atoms with Crippen molar-refractivity contribution in [2.75, 3.05) is 32.7 Å². The van der Waals surface area contributed by atoms with Crippen LogP contribution in [0.25, 0.3) is 0 Å². The highest BCUT2D eigenvalue weighted by molar-refractivity contribution is 5.94. The number of benzene rings is 1. The lowest BCUT2D eigenvalue weighted by molar-refractivity contribution is -0.137. The van der Waals surface area contributed by atoms with E-state index < -0.39 is 0 Å². The molecule has 1 unspecified atom stereocenters. The van der Waals surface area contributed by atoms with E-state index in [1.165, 1.54) is 0 Å². The van der Waals surface area contributed by atoms with Gasteiger partial charge in [-0.05, 0) is 43.6 Å². The maximum Gasteiger partial charge on any atom is 0.272 e. The van der Waals surface area contributed by atoms with Crippen LogP contribution >= 0.6 is 0 Å². The van der Waals surface area contributed by atoms with Crippen LogP contribution in [0.5, 0.6) is 0 Å². The van der Waals surface area contributed by atoms with Crippen LogP contribution in [0.15, 0.2) is 30.3 Å². The Morgan fingerprint density at radius 3 is 2.62 bits per heavy atom. The Labute approximate surface area is 236 Å². The fourth-order valence-corrected chi connectivity index (χ4v) is 5.55. The molecule has 1 atom stereocenters. The molecule has 2 aromatic rings. The van der Waals surface area contributed by atoms with Gasteiger partial charge in [-0.3, -0.25) is 23.9 Å². The Hall–Kier alpha value is -3.69. The van der Waals surface area contributed by atoms with Gasteiger partial charge in [0.2, 0.25) is 17.7 Å². The topological polar surface area (TPSA) is 117 Å². The third kappa shape index (κ3) is 7.70. The summed E-state index contributed by atoms with van der Waals surface area (Å²) in [6.07, 6.45) is 3.72. The van der Waals surface area contributed by atoms with Crippen molar-refractivity contribution in [2.24, 2.45) is 13.0 Å². The van der Waals surface area contributed by atoms with Gasteiger partial charge in [0.25, 0.3) is 5.91 Å². The molecule has 4 amide bonds. The van der Waals surface area contributed by atoms with Crippen molar-refractivity contribution in [3.63, 3.8) is 0 Å². The summed E-state index contributed by atoms with van der Waals surface area (Å²) in [7, 11) is 1.84. The van der Waals surface area contributed by atoms with E-state index >= 15 is 0 Å². The van der Waals surface area contributed by atoms with Gasteiger partial charge < -0.3 is 20.4 Å². The number of nitrogens with one attached hydrogen (secondary N) is 2. The normalized spacial score (nSPS) is 19.3. The van der Waals surface area contributed by atoms with E-state index in [2.05, 4.69) is 15.7 Å². The lowest BCUT2D eigenvalue weighted by atomic mass is 9.91. The lowest BCUT2D eigenvalue weighted by Gasteiger charge is -2.27. The predicted molar refractivity (Wildman–Crippen MR) is 151 cm³/mol. The Morgan fingerprint density at radius 1 is 1.10 bits per heavy atom. The Bertz CT molecular complexity index is 1210. The lowest BCUT2D eigenvalue weighted by Crippen LogP contribution is -2.46. The average Bonchev–Trinajstić information content (AvgIpc) is 3.25. The van der Waals surface area contributed by atoms with E-state index in [-0.39, 0.29) is 48.6 Å². The number of amides is 4. The second-order valence-corrected chi connectivity index (χ2v) is 11.3. The number of rotatable bonds is 5. The first kappa shape index (κ1) is 29.3. The third-order valence-corrected chi connectivity index (χ3v) is 7.66. The summed E-state index contributed by atoms with van der Waals surface area (Å²) in [5.41, 5.74) is 3.33. The molecule has 2 aliphatic rings. The molecule has 0 spiro atoms. The molecule has 0 fully saturated rings. The number of fused-ring (bicyclic) bond motifs is 1. The second-order valence-electron chi connectivity index (χ2n) is 11.3. The first-order valence-corrected chi connectivity index (χ1v) is 14.4. The van der Waals surface area contributed by atoms with Gasteiger partial charge in [0.1, 0.15) is 0 Å². The van der Waals surface area contributed by atoms with Gasteiger partial charge in [-0.25, -0.2) is 0 Å². The number of hydrogen-bond acceptors (Lipinski definition) is 5. The molecule has 0 saturated heterocycles. The van der Waals surface area contributed by atoms with Crippen LogP contribution in [0.3, 0.4) is 0 Å². The first-order valence-electron chi connectivity index (χ1n) is 14.4. The van der Waals surface area contributed by atoms with Crippen LogP contribution in [0.1, 0.15) is 66.8 Å². The van der Waals surface area contributed by atoms with Gasteiger partial charge in [-0.1, -0.05) is 44.2 Å². The van der Waals surface area contributed by atoms with Gasteiger partial charge in [-0.15, -0.1) is 0 Å². The summed E-state index contributed by atoms with van der Waals surface area (Å²) >= 11 is 0. The highest BCUT2D eigenvalue weighted by Gasteiger charge is 2.30. The van der Waals surface area contributed by atoms with Gasteiger partial charge in [0.05, 0.1) is 6.54 Å². The zero-order valence-electron chi connectivity index (χ0n) is 23.9. The van der Waals surface area contributed by atoms with Gasteiger partial charge >= 0.3 is 0 Å². The number of aromatic nitrogens is 2. The number of hydrogen-bond donors (Lipinski definition) is 2. The molecule has 2 heterocycles. The summed E-state index contributed by atoms with van der Waals surface area (Å²) in [5, 5.41) is 10.5. The number of carbonyl (C=O) groups excluding carboxylic acids is 4. The van der Waals surface area contributed by atoms with Crippen LogP contribution in [0, 0.1) is 5.92 Å². The summed E-state index contributed by atoms with van der Waals surface area (Å²) in [5.74, 6) is -0.365. The Kier molecular flexibility index (Phi) is 9.95.